The Morgan fingerprint density at radius 2 is 2.26 bits per heavy atom. The third-order valence-corrected chi connectivity index (χ3v) is 3.89. The van der Waals surface area contributed by atoms with E-state index in [1.807, 2.05) is 18.5 Å². The summed E-state index contributed by atoms with van der Waals surface area (Å²) in [6.45, 7) is 6.20. The average molecular weight is 262 g/mol. The molecule has 3 heteroatoms. The van der Waals surface area contributed by atoms with Gasteiger partial charge in [0.1, 0.15) is 0 Å². The van der Waals surface area contributed by atoms with Gasteiger partial charge < -0.3 is 10.1 Å². The number of hydrogen-bond acceptors (Lipinski definition) is 3. The van der Waals surface area contributed by atoms with E-state index in [4.69, 9.17) is 4.74 Å². The average Bonchev–Trinajstić information content (AvgIpc) is 2.41. The summed E-state index contributed by atoms with van der Waals surface area (Å²) >= 11 is 0. The van der Waals surface area contributed by atoms with Crippen LogP contribution in [0.4, 0.5) is 0 Å². The number of nitrogens with zero attached hydrogens (tertiary/aromatic N) is 1. The van der Waals surface area contributed by atoms with E-state index in [1.54, 1.807) is 0 Å². The number of pyridine rings is 1. The van der Waals surface area contributed by atoms with Gasteiger partial charge in [-0.15, -0.1) is 0 Å². The monoisotopic (exact) mass is 262 g/mol. The van der Waals surface area contributed by atoms with Gasteiger partial charge in [-0.25, -0.2) is 0 Å². The number of ether oxygens (including phenoxy) is 1. The summed E-state index contributed by atoms with van der Waals surface area (Å²) in [5.74, 6) is 0.797. The second-order valence-corrected chi connectivity index (χ2v) is 5.44. The summed E-state index contributed by atoms with van der Waals surface area (Å²) in [5.41, 5.74) is 1.32. The highest BCUT2D eigenvalue weighted by atomic mass is 16.5. The lowest BCUT2D eigenvalue weighted by Gasteiger charge is -2.37. The molecule has 0 spiro atoms. The lowest BCUT2D eigenvalue weighted by Crippen LogP contribution is -2.35. The molecule has 1 aromatic heterocycles. The van der Waals surface area contributed by atoms with Crippen LogP contribution < -0.4 is 5.32 Å². The standard InChI is InChI=1S/C16H26N2O/c1-3-7-18-16(14-6-5-8-17-12-14)11-13-9-15(10-13)19-4-2/h5-6,8,12-13,15-16,18H,3-4,7,9-11H2,1-2H3. The van der Waals surface area contributed by atoms with Crippen molar-refractivity contribution < 1.29 is 4.74 Å². The molecule has 1 heterocycles. The van der Waals surface area contributed by atoms with Crippen molar-refractivity contribution in [2.24, 2.45) is 5.92 Å². The van der Waals surface area contributed by atoms with Gasteiger partial charge in [-0.2, -0.15) is 0 Å². The van der Waals surface area contributed by atoms with Crippen molar-refractivity contribution in [1.29, 1.82) is 0 Å². The van der Waals surface area contributed by atoms with Crippen molar-refractivity contribution >= 4 is 0 Å². The normalized spacial score (nSPS) is 23.9. The predicted molar refractivity (Wildman–Crippen MR) is 78.0 cm³/mol. The van der Waals surface area contributed by atoms with Crippen LogP contribution in [0.5, 0.6) is 0 Å². The van der Waals surface area contributed by atoms with Crippen molar-refractivity contribution in [1.82, 2.24) is 10.3 Å². The molecule has 2 rings (SSSR count). The summed E-state index contributed by atoms with van der Waals surface area (Å²) in [4.78, 5) is 4.24. The van der Waals surface area contributed by atoms with Gasteiger partial charge in [0.05, 0.1) is 6.10 Å². The third-order valence-electron chi connectivity index (χ3n) is 3.89. The molecule has 19 heavy (non-hydrogen) atoms. The van der Waals surface area contributed by atoms with E-state index >= 15 is 0 Å². The number of rotatable bonds is 8. The maximum absolute atomic E-state index is 5.64. The number of nitrogens with one attached hydrogen (secondary N) is 1. The molecule has 1 aliphatic rings. The van der Waals surface area contributed by atoms with Gasteiger partial charge in [-0.3, -0.25) is 4.98 Å². The van der Waals surface area contributed by atoms with Crippen LogP contribution in [-0.4, -0.2) is 24.2 Å². The molecule has 0 saturated heterocycles. The molecule has 0 aliphatic heterocycles. The maximum Gasteiger partial charge on any atom is 0.0580 e. The first-order valence-corrected chi connectivity index (χ1v) is 7.58. The first-order chi connectivity index (χ1) is 9.33. The zero-order valence-corrected chi connectivity index (χ0v) is 12.1. The van der Waals surface area contributed by atoms with Crippen molar-refractivity contribution in [2.75, 3.05) is 13.2 Å². The SMILES string of the molecule is CCCNC(CC1CC(OCC)C1)c1cccnc1. The van der Waals surface area contributed by atoms with Crippen LogP contribution in [0.3, 0.4) is 0 Å². The van der Waals surface area contributed by atoms with Crippen molar-refractivity contribution in [3.63, 3.8) is 0 Å². The Balaban J connectivity index is 1.85. The minimum Gasteiger partial charge on any atom is -0.378 e. The summed E-state index contributed by atoms with van der Waals surface area (Å²) in [5, 5.41) is 3.65. The molecule has 1 N–H and O–H groups in total. The predicted octanol–water partition coefficient (Wildman–Crippen LogP) is 3.33. The molecule has 1 aliphatic carbocycles. The highest BCUT2D eigenvalue weighted by Gasteiger charge is 2.31. The fourth-order valence-electron chi connectivity index (χ4n) is 2.81. The Morgan fingerprint density at radius 1 is 1.42 bits per heavy atom. The molecule has 106 valence electrons. The Hall–Kier alpha value is -0.930. The Labute approximate surface area is 116 Å². The lowest BCUT2D eigenvalue weighted by atomic mass is 9.77. The second kappa shape index (κ2) is 7.61. The number of aromatic nitrogens is 1. The molecule has 3 nitrogen and oxygen atoms in total. The molecule has 0 bridgehead atoms. The maximum atomic E-state index is 5.64. The fourth-order valence-corrected chi connectivity index (χ4v) is 2.81. The van der Waals surface area contributed by atoms with E-state index in [2.05, 4.69) is 30.2 Å². The topological polar surface area (TPSA) is 34.1 Å². The van der Waals surface area contributed by atoms with E-state index in [0.717, 1.165) is 19.1 Å². The van der Waals surface area contributed by atoms with E-state index < -0.39 is 0 Å². The Bertz CT molecular complexity index is 349. The highest BCUT2D eigenvalue weighted by molar-refractivity contribution is 5.14. The summed E-state index contributed by atoms with van der Waals surface area (Å²) in [7, 11) is 0. The van der Waals surface area contributed by atoms with Crippen LogP contribution >= 0.6 is 0 Å². The van der Waals surface area contributed by atoms with Crippen LogP contribution in [-0.2, 0) is 4.74 Å². The molecular weight excluding hydrogens is 236 g/mol. The largest absolute Gasteiger partial charge is 0.378 e. The molecule has 1 aromatic rings. The summed E-state index contributed by atoms with van der Waals surface area (Å²) in [6, 6.07) is 4.65. The van der Waals surface area contributed by atoms with Crippen LogP contribution in [0.1, 0.15) is 51.1 Å². The smallest absolute Gasteiger partial charge is 0.0580 e. The molecule has 1 saturated carbocycles. The molecule has 1 fully saturated rings. The van der Waals surface area contributed by atoms with E-state index in [-0.39, 0.29) is 0 Å². The van der Waals surface area contributed by atoms with Crippen LogP contribution in [0.25, 0.3) is 0 Å². The van der Waals surface area contributed by atoms with Crippen LogP contribution in [0, 0.1) is 5.92 Å². The fraction of sp³-hybridized carbons (Fsp3) is 0.688. The molecule has 0 amide bonds. The van der Waals surface area contributed by atoms with Gasteiger partial charge in [0.25, 0.3) is 0 Å². The summed E-state index contributed by atoms with van der Waals surface area (Å²) in [6.07, 6.45) is 9.16. The minimum atomic E-state index is 0.446. The molecular formula is C16H26N2O. The molecule has 1 unspecified atom stereocenters. The van der Waals surface area contributed by atoms with Gasteiger partial charge in [0, 0.05) is 25.0 Å². The van der Waals surface area contributed by atoms with Crippen molar-refractivity contribution in [3.8, 4) is 0 Å². The van der Waals surface area contributed by atoms with Crippen LogP contribution in [0.2, 0.25) is 0 Å². The van der Waals surface area contributed by atoms with Crippen molar-refractivity contribution in [3.05, 3.63) is 30.1 Å². The van der Waals surface area contributed by atoms with Gasteiger partial charge in [0.15, 0.2) is 0 Å². The zero-order valence-electron chi connectivity index (χ0n) is 12.1. The van der Waals surface area contributed by atoms with Crippen molar-refractivity contribution in [2.45, 2.75) is 51.7 Å². The van der Waals surface area contributed by atoms with Gasteiger partial charge in [-0.05, 0) is 56.7 Å². The first-order valence-electron chi connectivity index (χ1n) is 7.58. The highest BCUT2D eigenvalue weighted by Crippen LogP contribution is 2.36. The Morgan fingerprint density at radius 3 is 2.89 bits per heavy atom. The molecule has 1 atom stereocenters. The van der Waals surface area contributed by atoms with Gasteiger partial charge >= 0.3 is 0 Å². The minimum absolute atomic E-state index is 0.446. The molecule has 0 aromatic carbocycles. The number of hydrogen-bond donors (Lipinski definition) is 1. The van der Waals surface area contributed by atoms with Crippen LogP contribution in [0.15, 0.2) is 24.5 Å². The first kappa shape index (κ1) is 14.5. The van der Waals surface area contributed by atoms with Gasteiger partial charge in [0.2, 0.25) is 0 Å². The molecule has 0 radical (unpaired) electrons. The van der Waals surface area contributed by atoms with E-state index in [9.17, 15) is 0 Å². The third kappa shape index (κ3) is 4.29. The van der Waals surface area contributed by atoms with Gasteiger partial charge in [-0.1, -0.05) is 13.0 Å². The quantitative estimate of drug-likeness (QED) is 0.780. The Kier molecular flexibility index (Phi) is 5.80. The lowest BCUT2D eigenvalue weighted by molar-refractivity contribution is -0.0291. The van der Waals surface area contributed by atoms with E-state index in [1.165, 1.54) is 31.2 Å². The second-order valence-electron chi connectivity index (χ2n) is 5.44. The summed E-state index contributed by atoms with van der Waals surface area (Å²) < 4.78 is 5.64. The zero-order chi connectivity index (χ0) is 13.5. The van der Waals surface area contributed by atoms with E-state index in [0.29, 0.717) is 12.1 Å².